The number of hydrogen-bond acceptors (Lipinski definition) is 6. The monoisotopic (exact) mass is 267 g/mol. The summed E-state index contributed by atoms with van der Waals surface area (Å²) in [6, 6.07) is 2.82. The summed E-state index contributed by atoms with van der Waals surface area (Å²) in [7, 11) is 1.66. The van der Waals surface area contributed by atoms with Crippen LogP contribution in [-0.4, -0.2) is 41.8 Å². The van der Waals surface area contributed by atoms with Crippen LogP contribution in [0.4, 0.5) is 0 Å². The molecule has 9 heteroatoms. The number of H-pyrrole nitrogens is 1. The van der Waals surface area contributed by atoms with Gasteiger partial charge in [-0.1, -0.05) is 11.8 Å². The number of hydrogen-bond donors (Lipinski definition) is 2. The molecule has 2 aromatic rings. The first kappa shape index (κ1) is 12.3. The Bertz CT molecular complexity index is 615. The van der Waals surface area contributed by atoms with Crippen molar-refractivity contribution in [3.8, 4) is 11.5 Å². The maximum absolute atomic E-state index is 10.9. The quantitative estimate of drug-likeness (QED) is 0.733. The van der Waals surface area contributed by atoms with Crippen LogP contribution in [0, 0.1) is 0 Å². The van der Waals surface area contributed by atoms with E-state index in [-0.39, 0.29) is 11.3 Å². The molecule has 0 spiro atoms. The number of carboxylic acid groups (broad SMARTS) is 1. The van der Waals surface area contributed by atoms with Crippen LogP contribution in [-0.2, 0) is 11.8 Å². The van der Waals surface area contributed by atoms with Crippen LogP contribution >= 0.6 is 11.8 Å². The van der Waals surface area contributed by atoms with Crippen LogP contribution in [0.5, 0.6) is 0 Å². The van der Waals surface area contributed by atoms with Gasteiger partial charge in [0.05, 0.1) is 5.75 Å². The molecule has 18 heavy (non-hydrogen) atoms. The van der Waals surface area contributed by atoms with E-state index >= 15 is 0 Å². The number of nitrogens with zero attached hydrogens (tertiary/aromatic N) is 4. The maximum Gasteiger partial charge on any atom is 0.313 e. The average molecular weight is 267 g/mol. The molecule has 0 bridgehead atoms. The molecule has 0 aliphatic rings. The number of carbonyl (C=O) groups is 1. The lowest BCUT2D eigenvalue weighted by Crippen LogP contribution is -2.06. The minimum atomic E-state index is -0.924. The van der Waals surface area contributed by atoms with E-state index in [1.54, 1.807) is 7.05 Å². The van der Waals surface area contributed by atoms with Gasteiger partial charge in [0.25, 0.3) is 5.56 Å². The van der Waals surface area contributed by atoms with E-state index in [4.69, 9.17) is 5.11 Å². The zero-order valence-corrected chi connectivity index (χ0v) is 10.1. The van der Waals surface area contributed by atoms with Gasteiger partial charge in [-0.3, -0.25) is 9.59 Å². The molecular weight excluding hydrogens is 258 g/mol. The Hall–Kier alpha value is -2.16. The van der Waals surface area contributed by atoms with Crippen molar-refractivity contribution >= 4 is 17.7 Å². The number of aromatic nitrogens is 5. The molecule has 2 heterocycles. The van der Waals surface area contributed by atoms with Crippen LogP contribution in [0.15, 0.2) is 22.1 Å². The van der Waals surface area contributed by atoms with Crippen molar-refractivity contribution in [1.29, 1.82) is 0 Å². The third kappa shape index (κ3) is 2.74. The molecule has 0 saturated carbocycles. The predicted octanol–water partition coefficient (Wildman–Crippen LogP) is -0.258. The van der Waals surface area contributed by atoms with Crippen LogP contribution in [0.25, 0.3) is 11.5 Å². The molecule has 0 aliphatic carbocycles. The molecule has 2 rings (SSSR count). The number of aryl methyl sites for hydroxylation is 1. The van der Waals surface area contributed by atoms with E-state index in [9.17, 15) is 9.59 Å². The summed E-state index contributed by atoms with van der Waals surface area (Å²) in [5.74, 6) is -0.682. The van der Waals surface area contributed by atoms with Gasteiger partial charge >= 0.3 is 5.97 Å². The van der Waals surface area contributed by atoms with E-state index in [1.165, 1.54) is 16.8 Å². The summed E-state index contributed by atoms with van der Waals surface area (Å²) in [6.07, 6.45) is 0. The lowest BCUT2D eigenvalue weighted by molar-refractivity contribution is -0.133. The van der Waals surface area contributed by atoms with Crippen molar-refractivity contribution in [2.24, 2.45) is 7.05 Å². The number of carboxylic acids is 1. The van der Waals surface area contributed by atoms with Crippen molar-refractivity contribution in [1.82, 2.24) is 25.0 Å². The highest BCUT2D eigenvalue weighted by Gasteiger charge is 2.12. The second-order valence-electron chi connectivity index (χ2n) is 3.33. The third-order valence-electron chi connectivity index (χ3n) is 1.96. The molecule has 0 fully saturated rings. The highest BCUT2D eigenvalue weighted by molar-refractivity contribution is 7.99. The summed E-state index contributed by atoms with van der Waals surface area (Å²) in [6.45, 7) is 0. The van der Waals surface area contributed by atoms with Crippen LogP contribution in [0.1, 0.15) is 0 Å². The molecule has 2 N–H and O–H groups in total. The van der Waals surface area contributed by atoms with Gasteiger partial charge in [0.2, 0.25) is 5.82 Å². The van der Waals surface area contributed by atoms with Crippen molar-refractivity contribution in [3.63, 3.8) is 0 Å². The van der Waals surface area contributed by atoms with E-state index in [0.717, 1.165) is 11.8 Å². The van der Waals surface area contributed by atoms with Gasteiger partial charge in [-0.2, -0.15) is 10.1 Å². The number of aliphatic carboxylic acids is 1. The molecule has 0 atom stereocenters. The highest BCUT2D eigenvalue weighted by Crippen LogP contribution is 2.18. The molecule has 2 aromatic heterocycles. The first-order valence-electron chi connectivity index (χ1n) is 4.88. The Labute approximate surface area is 105 Å². The molecular formula is C9H9N5O3S. The highest BCUT2D eigenvalue weighted by atomic mass is 32.2. The number of nitrogens with one attached hydrogen (secondary N) is 1. The second-order valence-corrected chi connectivity index (χ2v) is 4.27. The Morgan fingerprint density at radius 1 is 1.56 bits per heavy atom. The van der Waals surface area contributed by atoms with Crippen molar-refractivity contribution in [2.45, 2.75) is 5.16 Å². The van der Waals surface area contributed by atoms with Crippen LogP contribution in [0.2, 0.25) is 0 Å². The molecule has 8 nitrogen and oxygen atoms in total. The Kier molecular flexibility index (Phi) is 3.42. The Morgan fingerprint density at radius 2 is 2.33 bits per heavy atom. The summed E-state index contributed by atoms with van der Waals surface area (Å²) in [5, 5.41) is 19.2. The lowest BCUT2D eigenvalue weighted by atomic mass is 10.4. The summed E-state index contributed by atoms with van der Waals surface area (Å²) >= 11 is 1.06. The van der Waals surface area contributed by atoms with E-state index in [0.29, 0.717) is 16.7 Å². The first-order valence-corrected chi connectivity index (χ1v) is 5.86. The number of aromatic amines is 1. The van der Waals surface area contributed by atoms with E-state index in [2.05, 4.69) is 20.3 Å². The standard InChI is InChI=1S/C9H9N5O3S/c1-14-9(18-4-7(16)17)10-8(13-14)5-2-3-6(15)12-11-5/h2-3H,4H2,1H3,(H,12,15)(H,16,17). The smallest absolute Gasteiger partial charge is 0.313 e. The van der Waals surface area contributed by atoms with Crippen LogP contribution in [0.3, 0.4) is 0 Å². The molecule has 0 saturated heterocycles. The molecule has 0 amide bonds. The molecule has 94 valence electrons. The van der Waals surface area contributed by atoms with Crippen LogP contribution < -0.4 is 5.56 Å². The fourth-order valence-corrected chi connectivity index (χ4v) is 1.83. The molecule has 0 aliphatic heterocycles. The first-order chi connectivity index (χ1) is 8.56. The Morgan fingerprint density at radius 3 is 2.94 bits per heavy atom. The van der Waals surface area contributed by atoms with E-state index < -0.39 is 5.97 Å². The SMILES string of the molecule is Cn1nc(-c2ccc(=O)[nH]n2)nc1SCC(=O)O. The average Bonchev–Trinajstić information content (AvgIpc) is 2.69. The minimum absolute atomic E-state index is 0.0922. The summed E-state index contributed by atoms with van der Waals surface area (Å²) in [5.41, 5.74) is 0.113. The molecule has 0 unspecified atom stereocenters. The van der Waals surface area contributed by atoms with Crippen molar-refractivity contribution < 1.29 is 9.90 Å². The van der Waals surface area contributed by atoms with Gasteiger partial charge in [-0.05, 0) is 6.07 Å². The van der Waals surface area contributed by atoms with Gasteiger partial charge in [-0.15, -0.1) is 5.10 Å². The van der Waals surface area contributed by atoms with Crippen molar-refractivity contribution in [3.05, 3.63) is 22.5 Å². The van der Waals surface area contributed by atoms with Crippen molar-refractivity contribution in [2.75, 3.05) is 5.75 Å². The molecule has 0 radical (unpaired) electrons. The Balaban J connectivity index is 2.25. The van der Waals surface area contributed by atoms with E-state index in [1.807, 2.05) is 0 Å². The van der Waals surface area contributed by atoms with Gasteiger partial charge in [-0.25, -0.2) is 9.78 Å². The molecule has 0 aromatic carbocycles. The summed E-state index contributed by atoms with van der Waals surface area (Å²) in [4.78, 5) is 25.5. The lowest BCUT2D eigenvalue weighted by Gasteiger charge is -1.94. The maximum atomic E-state index is 10.9. The van der Waals surface area contributed by atoms with Gasteiger partial charge in [0, 0.05) is 13.1 Å². The van der Waals surface area contributed by atoms with Gasteiger partial charge < -0.3 is 5.11 Å². The topological polar surface area (TPSA) is 114 Å². The van der Waals surface area contributed by atoms with Gasteiger partial charge in [0.15, 0.2) is 5.16 Å². The van der Waals surface area contributed by atoms with Gasteiger partial charge in [0.1, 0.15) is 5.69 Å². The second kappa shape index (κ2) is 5.00. The predicted molar refractivity (Wildman–Crippen MR) is 63.2 cm³/mol. The fraction of sp³-hybridized carbons (Fsp3) is 0.222. The summed E-state index contributed by atoms with van der Waals surface area (Å²) < 4.78 is 1.47. The fourth-order valence-electron chi connectivity index (χ4n) is 1.20. The normalized spacial score (nSPS) is 10.5. The zero-order chi connectivity index (χ0) is 13.1. The largest absolute Gasteiger partial charge is 0.481 e. The minimum Gasteiger partial charge on any atom is -0.481 e. The zero-order valence-electron chi connectivity index (χ0n) is 9.32. The number of thioether (sulfide) groups is 1. The third-order valence-corrected chi connectivity index (χ3v) is 2.96. The number of rotatable bonds is 4.